The van der Waals surface area contributed by atoms with Crippen LogP contribution in [-0.2, 0) is 11.3 Å². The van der Waals surface area contributed by atoms with Gasteiger partial charge in [0.15, 0.2) is 0 Å². The molecule has 0 unspecified atom stereocenters. The molecule has 2 atom stereocenters. The lowest BCUT2D eigenvalue weighted by Crippen LogP contribution is -2.40. The summed E-state index contributed by atoms with van der Waals surface area (Å²) in [7, 11) is 0. The van der Waals surface area contributed by atoms with E-state index >= 15 is 0 Å². The third-order valence-electron chi connectivity index (χ3n) is 3.72. The summed E-state index contributed by atoms with van der Waals surface area (Å²) >= 11 is 0. The van der Waals surface area contributed by atoms with Crippen molar-refractivity contribution in [1.29, 1.82) is 0 Å². The summed E-state index contributed by atoms with van der Waals surface area (Å²) in [5.74, 6) is -0.349. The van der Waals surface area contributed by atoms with E-state index in [4.69, 9.17) is 5.73 Å². The molecule has 1 aliphatic heterocycles. The summed E-state index contributed by atoms with van der Waals surface area (Å²) in [5, 5.41) is 9.69. The van der Waals surface area contributed by atoms with E-state index in [0.717, 1.165) is 0 Å². The quantitative estimate of drug-likeness (QED) is 0.828. The fraction of sp³-hybridized carbons (Fsp3) is 0.500. The van der Waals surface area contributed by atoms with E-state index in [0.29, 0.717) is 19.5 Å². The number of amides is 1. The summed E-state index contributed by atoms with van der Waals surface area (Å²) in [6.07, 6.45) is -0.00731. The van der Waals surface area contributed by atoms with Crippen molar-refractivity contribution in [2.24, 2.45) is 5.73 Å². The molecule has 1 heterocycles. The van der Waals surface area contributed by atoms with Crippen LogP contribution in [0.2, 0.25) is 0 Å². The van der Waals surface area contributed by atoms with Crippen molar-refractivity contribution in [1.82, 2.24) is 4.90 Å². The second kappa shape index (κ2) is 5.08. The molecule has 3 N–H and O–H groups in total. The van der Waals surface area contributed by atoms with E-state index in [-0.39, 0.29) is 11.9 Å². The Morgan fingerprint density at radius 2 is 2.06 bits per heavy atom. The number of β-amino-alcohol motifs (C(OH)–C–C–N with tert-alkyl or cyclic N) is 1. The zero-order chi connectivity index (χ0) is 13.3. The number of rotatable bonds is 3. The van der Waals surface area contributed by atoms with Crippen molar-refractivity contribution in [3.63, 3.8) is 0 Å². The second-order valence-electron chi connectivity index (χ2n) is 5.11. The second-order valence-corrected chi connectivity index (χ2v) is 5.11. The van der Waals surface area contributed by atoms with Gasteiger partial charge in [-0.05, 0) is 37.0 Å². The van der Waals surface area contributed by atoms with Crippen LogP contribution in [0, 0.1) is 13.8 Å². The van der Waals surface area contributed by atoms with Gasteiger partial charge in [0.2, 0.25) is 5.91 Å². The van der Waals surface area contributed by atoms with Crippen molar-refractivity contribution in [2.75, 3.05) is 6.54 Å². The first-order valence-electron chi connectivity index (χ1n) is 6.25. The van der Waals surface area contributed by atoms with E-state index in [1.54, 1.807) is 0 Å². The van der Waals surface area contributed by atoms with E-state index in [1.165, 1.54) is 16.7 Å². The number of primary amides is 1. The average Bonchev–Trinajstić information content (AvgIpc) is 2.65. The van der Waals surface area contributed by atoms with Gasteiger partial charge in [0.05, 0.1) is 12.1 Å². The fourth-order valence-corrected chi connectivity index (χ4v) is 2.65. The molecule has 0 saturated carbocycles. The number of benzene rings is 1. The first-order chi connectivity index (χ1) is 8.49. The smallest absolute Gasteiger partial charge is 0.234 e. The minimum absolute atomic E-state index is 0.348. The van der Waals surface area contributed by atoms with Crippen LogP contribution >= 0.6 is 0 Å². The first-order valence-corrected chi connectivity index (χ1v) is 6.25. The summed E-state index contributed by atoms with van der Waals surface area (Å²) in [4.78, 5) is 13.4. The van der Waals surface area contributed by atoms with E-state index in [2.05, 4.69) is 26.0 Å². The number of hydrogen-bond acceptors (Lipinski definition) is 3. The van der Waals surface area contributed by atoms with Crippen molar-refractivity contribution < 1.29 is 9.90 Å². The Bertz CT molecular complexity index is 439. The van der Waals surface area contributed by atoms with Crippen LogP contribution in [0.3, 0.4) is 0 Å². The molecule has 1 aromatic rings. The molecular formula is C14H20N2O2. The first kappa shape index (κ1) is 13.1. The monoisotopic (exact) mass is 248 g/mol. The molecule has 0 spiro atoms. The molecule has 0 radical (unpaired) electrons. The maximum Gasteiger partial charge on any atom is 0.234 e. The predicted molar refractivity (Wildman–Crippen MR) is 69.9 cm³/mol. The molecule has 98 valence electrons. The molecule has 0 bridgehead atoms. The fourth-order valence-electron chi connectivity index (χ4n) is 2.65. The van der Waals surface area contributed by atoms with Gasteiger partial charge in [-0.15, -0.1) is 0 Å². The maximum absolute atomic E-state index is 11.4. The zero-order valence-corrected chi connectivity index (χ0v) is 10.9. The van der Waals surface area contributed by atoms with Gasteiger partial charge in [-0.25, -0.2) is 0 Å². The van der Waals surface area contributed by atoms with Gasteiger partial charge in [0, 0.05) is 13.1 Å². The molecule has 1 amide bonds. The maximum atomic E-state index is 11.4. The Morgan fingerprint density at radius 3 is 2.61 bits per heavy atom. The lowest BCUT2D eigenvalue weighted by Gasteiger charge is -2.23. The summed E-state index contributed by atoms with van der Waals surface area (Å²) < 4.78 is 0. The van der Waals surface area contributed by atoms with Gasteiger partial charge < -0.3 is 10.8 Å². The van der Waals surface area contributed by atoms with Crippen molar-refractivity contribution in [2.45, 2.75) is 39.0 Å². The average molecular weight is 248 g/mol. The summed E-state index contributed by atoms with van der Waals surface area (Å²) in [6.45, 7) is 5.31. The molecular weight excluding hydrogens is 228 g/mol. The number of aliphatic hydroxyl groups is 1. The molecule has 4 nitrogen and oxygen atoms in total. The number of carbonyl (C=O) groups excluding carboxylic acids is 1. The van der Waals surface area contributed by atoms with Crippen LogP contribution in [0.4, 0.5) is 0 Å². The molecule has 0 aliphatic carbocycles. The van der Waals surface area contributed by atoms with E-state index < -0.39 is 6.10 Å². The molecule has 18 heavy (non-hydrogen) atoms. The van der Waals surface area contributed by atoms with Crippen LogP contribution in [0.1, 0.15) is 23.1 Å². The van der Waals surface area contributed by atoms with Crippen molar-refractivity contribution in [3.05, 3.63) is 34.9 Å². The number of carbonyl (C=O) groups is 1. The van der Waals surface area contributed by atoms with Gasteiger partial charge in [-0.2, -0.15) is 0 Å². The standard InChI is InChI=1S/C14H20N2O2/c1-9-4-3-5-10(2)12(9)8-16-7-11(17)6-13(16)14(15)18/h3-5,11,13,17H,6-8H2,1-2H3,(H2,15,18)/t11-,13+/m0/s1. The zero-order valence-electron chi connectivity index (χ0n) is 10.9. The van der Waals surface area contributed by atoms with Gasteiger partial charge in [-0.1, -0.05) is 18.2 Å². The third-order valence-corrected chi connectivity index (χ3v) is 3.72. The van der Waals surface area contributed by atoms with E-state index in [1.807, 2.05) is 11.0 Å². The van der Waals surface area contributed by atoms with Gasteiger partial charge in [0.25, 0.3) is 0 Å². The lowest BCUT2D eigenvalue weighted by molar-refractivity contribution is -0.122. The molecule has 0 aromatic heterocycles. The highest BCUT2D eigenvalue weighted by Gasteiger charge is 2.34. The molecule has 1 aliphatic rings. The molecule has 2 rings (SSSR count). The highest BCUT2D eigenvalue weighted by Crippen LogP contribution is 2.23. The molecule has 1 saturated heterocycles. The Morgan fingerprint density at radius 1 is 1.44 bits per heavy atom. The highest BCUT2D eigenvalue weighted by molar-refractivity contribution is 5.80. The number of nitrogens with zero attached hydrogens (tertiary/aromatic N) is 1. The summed E-state index contributed by atoms with van der Waals surface area (Å²) in [5.41, 5.74) is 9.02. The number of likely N-dealkylation sites (tertiary alicyclic amines) is 1. The largest absolute Gasteiger partial charge is 0.392 e. The Hall–Kier alpha value is -1.39. The number of aryl methyl sites for hydroxylation is 2. The number of aliphatic hydroxyl groups excluding tert-OH is 1. The highest BCUT2D eigenvalue weighted by atomic mass is 16.3. The van der Waals surface area contributed by atoms with Crippen LogP contribution in [-0.4, -0.2) is 34.6 Å². The van der Waals surface area contributed by atoms with Crippen LogP contribution in [0.25, 0.3) is 0 Å². The van der Waals surface area contributed by atoms with Crippen LogP contribution in [0.5, 0.6) is 0 Å². The number of hydrogen-bond donors (Lipinski definition) is 2. The lowest BCUT2D eigenvalue weighted by atomic mass is 10.0. The van der Waals surface area contributed by atoms with Gasteiger partial charge in [0.1, 0.15) is 0 Å². The minimum atomic E-state index is -0.452. The molecule has 1 aromatic carbocycles. The van der Waals surface area contributed by atoms with Crippen LogP contribution in [0.15, 0.2) is 18.2 Å². The molecule has 4 heteroatoms. The van der Waals surface area contributed by atoms with Gasteiger partial charge >= 0.3 is 0 Å². The SMILES string of the molecule is Cc1cccc(C)c1CN1C[C@@H](O)C[C@@H]1C(N)=O. The van der Waals surface area contributed by atoms with E-state index in [9.17, 15) is 9.90 Å². The third kappa shape index (κ3) is 2.54. The van der Waals surface area contributed by atoms with Crippen molar-refractivity contribution >= 4 is 5.91 Å². The minimum Gasteiger partial charge on any atom is -0.392 e. The summed E-state index contributed by atoms with van der Waals surface area (Å²) in [6, 6.07) is 5.81. The normalized spacial score (nSPS) is 24.4. The van der Waals surface area contributed by atoms with Gasteiger partial charge in [-0.3, -0.25) is 9.69 Å². The van der Waals surface area contributed by atoms with Crippen molar-refractivity contribution in [3.8, 4) is 0 Å². The Labute approximate surface area is 107 Å². The Kier molecular flexibility index (Phi) is 3.68. The Balaban J connectivity index is 2.20. The van der Waals surface area contributed by atoms with Crippen LogP contribution < -0.4 is 5.73 Å². The number of nitrogens with two attached hydrogens (primary N) is 1. The topological polar surface area (TPSA) is 66.6 Å². The molecule has 1 fully saturated rings. The predicted octanol–water partition coefficient (Wildman–Crippen LogP) is 0.724.